The van der Waals surface area contributed by atoms with Gasteiger partial charge in [-0.05, 0) is 12.1 Å². The lowest BCUT2D eigenvalue weighted by Crippen LogP contribution is -2.15. The molecule has 0 aliphatic heterocycles. The summed E-state index contributed by atoms with van der Waals surface area (Å²) in [6.07, 6.45) is 3.05. The second-order valence-electron chi connectivity index (χ2n) is 5.71. The summed E-state index contributed by atoms with van der Waals surface area (Å²) in [6.45, 7) is 0. The molecular weight excluding hydrogens is 362 g/mol. The average molecular weight is 381 g/mol. The van der Waals surface area contributed by atoms with Crippen LogP contribution in [-0.4, -0.2) is 43.0 Å². The van der Waals surface area contributed by atoms with E-state index in [4.69, 9.17) is 14.2 Å². The predicted molar refractivity (Wildman–Crippen MR) is 102 cm³/mol. The van der Waals surface area contributed by atoms with Crippen LogP contribution in [0.25, 0.3) is 5.69 Å². The Morgan fingerprint density at radius 3 is 2.32 bits per heavy atom. The third-order valence-electron chi connectivity index (χ3n) is 4.04. The molecule has 0 saturated carbocycles. The first-order valence-corrected chi connectivity index (χ1v) is 8.33. The molecular formula is C20H19N3O5. The summed E-state index contributed by atoms with van der Waals surface area (Å²) in [5, 5.41) is 6.91. The molecule has 0 bridgehead atoms. The zero-order chi connectivity index (χ0) is 20.1. The van der Waals surface area contributed by atoms with Crippen LogP contribution in [0.1, 0.15) is 20.7 Å². The van der Waals surface area contributed by atoms with E-state index in [-0.39, 0.29) is 11.3 Å². The minimum atomic E-state index is -0.615. The maximum atomic E-state index is 12.7. The monoisotopic (exact) mass is 381 g/mol. The number of hydrogen-bond donors (Lipinski definition) is 1. The largest absolute Gasteiger partial charge is 0.493 e. The highest BCUT2D eigenvalue weighted by Gasteiger charge is 2.20. The molecule has 144 valence electrons. The Morgan fingerprint density at radius 2 is 1.68 bits per heavy atom. The molecule has 2 aromatic carbocycles. The average Bonchev–Trinajstić information content (AvgIpc) is 3.24. The van der Waals surface area contributed by atoms with E-state index in [1.54, 1.807) is 10.9 Å². The molecule has 0 aliphatic rings. The van der Waals surface area contributed by atoms with Crippen molar-refractivity contribution in [2.75, 3.05) is 26.6 Å². The van der Waals surface area contributed by atoms with Gasteiger partial charge in [0.05, 0.1) is 50.0 Å². The first-order valence-electron chi connectivity index (χ1n) is 8.33. The Labute approximate surface area is 161 Å². The van der Waals surface area contributed by atoms with Gasteiger partial charge in [-0.25, -0.2) is 9.48 Å². The van der Waals surface area contributed by atoms with E-state index in [0.717, 1.165) is 5.69 Å². The number of nitrogens with zero attached hydrogens (tertiary/aromatic N) is 2. The van der Waals surface area contributed by atoms with Gasteiger partial charge in [-0.3, -0.25) is 4.79 Å². The fraction of sp³-hybridized carbons (Fsp3) is 0.150. The van der Waals surface area contributed by atoms with E-state index < -0.39 is 11.9 Å². The van der Waals surface area contributed by atoms with E-state index in [2.05, 4.69) is 10.4 Å². The van der Waals surface area contributed by atoms with Crippen LogP contribution in [0.3, 0.4) is 0 Å². The zero-order valence-corrected chi connectivity index (χ0v) is 15.6. The molecule has 0 fully saturated rings. The number of nitrogens with one attached hydrogen (secondary N) is 1. The van der Waals surface area contributed by atoms with Crippen molar-refractivity contribution in [2.24, 2.45) is 0 Å². The number of anilines is 1. The quantitative estimate of drug-likeness (QED) is 0.660. The summed E-state index contributed by atoms with van der Waals surface area (Å²) < 4.78 is 16.8. The van der Waals surface area contributed by atoms with Crippen molar-refractivity contribution in [2.45, 2.75) is 0 Å². The van der Waals surface area contributed by atoms with Gasteiger partial charge in [0.25, 0.3) is 5.91 Å². The molecule has 1 N–H and O–H groups in total. The van der Waals surface area contributed by atoms with Crippen molar-refractivity contribution in [3.05, 3.63) is 66.0 Å². The van der Waals surface area contributed by atoms with Crippen LogP contribution in [0.4, 0.5) is 5.69 Å². The first kappa shape index (κ1) is 19.0. The van der Waals surface area contributed by atoms with Gasteiger partial charge in [0.1, 0.15) is 0 Å². The van der Waals surface area contributed by atoms with Gasteiger partial charge in [0.15, 0.2) is 11.5 Å². The van der Waals surface area contributed by atoms with E-state index in [0.29, 0.717) is 17.1 Å². The molecule has 28 heavy (non-hydrogen) atoms. The van der Waals surface area contributed by atoms with Crippen molar-refractivity contribution >= 4 is 17.6 Å². The summed E-state index contributed by atoms with van der Waals surface area (Å²) >= 11 is 0. The van der Waals surface area contributed by atoms with Gasteiger partial charge in [-0.1, -0.05) is 18.2 Å². The molecule has 0 aliphatic carbocycles. The van der Waals surface area contributed by atoms with Crippen molar-refractivity contribution in [3.8, 4) is 17.2 Å². The fourth-order valence-corrected chi connectivity index (χ4v) is 2.62. The van der Waals surface area contributed by atoms with E-state index >= 15 is 0 Å². The Balaban J connectivity index is 1.91. The van der Waals surface area contributed by atoms with Crippen LogP contribution in [0.2, 0.25) is 0 Å². The molecule has 0 radical (unpaired) electrons. The second-order valence-corrected chi connectivity index (χ2v) is 5.71. The highest BCUT2D eigenvalue weighted by atomic mass is 16.5. The summed E-state index contributed by atoms with van der Waals surface area (Å²) in [5.41, 5.74) is 1.53. The highest BCUT2D eigenvalue weighted by molar-refractivity contribution is 6.08. The normalized spacial score (nSPS) is 10.2. The number of ether oxygens (including phenoxy) is 3. The van der Waals surface area contributed by atoms with Crippen molar-refractivity contribution < 1.29 is 23.8 Å². The number of para-hydroxylation sites is 1. The summed E-state index contributed by atoms with van der Waals surface area (Å²) in [6, 6.07) is 12.4. The minimum Gasteiger partial charge on any atom is -0.493 e. The Hall–Kier alpha value is -3.81. The van der Waals surface area contributed by atoms with Crippen LogP contribution >= 0.6 is 0 Å². The first-order chi connectivity index (χ1) is 13.6. The lowest BCUT2D eigenvalue weighted by molar-refractivity contribution is 0.0601. The molecule has 8 nitrogen and oxygen atoms in total. The molecule has 3 aromatic rings. The second kappa shape index (κ2) is 8.26. The molecule has 0 spiro atoms. The number of rotatable bonds is 6. The Kier molecular flexibility index (Phi) is 5.59. The van der Waals surface area contributed by atoms with Gasteiger partial charge in [-0.2, -0.15) is 5.10 Å². The molecule has 0 unspecified atom stereocenters. The minimum absolute atomic E-state index is 0.143. The number of esters is 1. The topological polar surface area (TPSA) is 91.7 Å². The van der Waals surface area contributed by atoms with Gasteiger partial charge in [0, 0.05) is 18.3 Å². The van der Waals surface area contributed by atoms with Crippen molar-refractivity contribution in [3.63, 3.8) is 0 Å². The summed E-state index contributed by atoms with van der Waals surface area (Å²) in [7, 11) is 4.18. The molecule has 3 rings (SSSR count). The highest BCUT2D eigenvalue weighted by Crippen LogP contribution is 2.34. The van der Waals surface area contributed by atoms with Crippen LogP contribution < -0.4 is 14.8 Å². The molecule has 1 amide bonds. The van der Waals surface area contributed by atoms with Gasteiger partial charge in [0.2, 0.25) is 0 Å². The zero-order valence-electron chi connectivity index (χ0n) is 15.6. The number of carbonyl (C=O) groups is 2. The van der Waals surface area contributed by atoms with E-state index in [1.165, 1.54) is 39.7 Å². The maximum absolute atomic E-state index is 12.7. The molecule has 1 aromatic heterocycles. The number of amides is 1. The van der Waals surface area contributed by atoms with E-state index in [9.17, 15) is 9.59 Å². The number of hydrogen-bond acceptors (Lipinski definition) is 6. The number of methoxy groups -OCH3 is 3. The smallest absolute Gasteiger partial charge is 0.340 e. The standard InChI is InChI=1S/C20H19N3O5/c1-26-17-9-15(20(25)28-3)16(10-18(17)27-2)22-19(24)13-11-21-23(12-13)14-7-5-4-6-8-14/h4-12H,1-3H3,(H,22,24). The van der Waals surface area contributed by atoms with Crippen LogP contribution in [0.15, 0.2) is 54.9 Å². The molecule has 8 heteroatoms. The van der Waals surface area contributed by atoms with E-state index in [1.807, 2.05) is 30.3 Å². The lowest BCUT2D eigenvalue weighted by atomic mass is 10.1. The number of aromatic nitrogens is 2. The Morgan fingerprint density at radius 1 is 1.00 bits per heavy atom. The molecule has 0 saturated heterocycles. The lowest BCUT2D eigenvalue weighted by Gasteiger charge is -2.14. The fourth-order valence-electron chi connectivity index (χ4n) is 2.62. The number of benzene rings is 2. The van der Waals surface area contributed by atoms with Crippen molar-refractivity contribution in [1.29, 1.82) is 0 Å². The van der Waals surface area contributed by atoms with Gasteiger partial charge >= 0.3 is 5.97 Å². The maximum Gasteiger partial charge on any atom is 0.340 e. The molecule has 1 heterocycles. The third kappa shape index (κ3) is 3.80. The number of carbonyl (C=O) groups excluding carboxylic acids is 2. The molecule has 0 atom stereocenters. The summed E-state index contributed by atoms with van der Waals surface area (Å²) in [5.74, 6) is -0.334. The van der Waals surface area contributed by atoms with Gasteiger partial charge in [-0.15, -0.1) is 0 Å². The summed E-state index contributed by atoms with van der Waals surface area (Å²) in [4.78, 5) is 24.8. The third-order valence-corrected chi connectivity index (χ3v) is 4.04. The van der Waals surface area contributed by atoms with Crippen LogP contribution in [0, 0.1) is 0 Å². The SMILES string of the molecule is COC(=O)c1cc(OC)c(OC)cc1NC(=O)c1cnn(-c2ccccc2)c1. The van der Waals surface area contributed by atoms with Gasteiger partial charge < -0.3 is 19.5 Å². The Bertz CT molecular complexity index is 998. The van der Waals surface area contributed by atoms with Crippen LogP contribution in [0.5, 0.6) is 11.5 Å². The predicted octanol–water partition coefficient (Wildman–Crippen LogP) is 2.93. The van der Waals surface area contributed by atoms with Crippen LogP contribution in [-0.2, 0) is 4.74 Å². The van der Waals surface area contributed by atoms with Crippen molar-refractivity contribution in [1.82, 2.24) is 9.78 Å².